The number of hydrogen-bond acceptors (Lipinski definition) is 4. The van der Waals surface area contributed by atoms with Crippen molar-refractivity contribution in [3.05, 3.63) is 35.9 Å². The number of aliphatic hydroxyl groups excluding tert-OH is 1. The lowest BCUT2D eigenvalue weighted by molar-refractivity contribution is 0.0240. The zero-order chi connectivity index (χ0) is 17.4. The van der Waals surface area contributed by atoms with Crippen molar-refractivity contribution in [1.82, 2.24) is 9.80 Å². The van der Waals surface area contributed by atoms with Crippen molar-refractivity contribution in [2.24, 2.45) is 11.3 Å². The van der Waals surface area contributed by atoms with Gasteiger partial charge in [0.2, 0.25) is 0 Å². The molecule has 2 heterocycles. The van der Waals surface area contributed by atoms with Crippen molar-refractivity contribution in [1.29, 1.82) is 0 Å². The maximum atomic E-state index is 12.3. The van der Waals surface area contributed by atoms with Crippen LogP contribution in [-0.4, -0.2) is 59.4 Å². The van der Waals surface area contributed by atoms with Crippen LogP contribution in [-0.2, 0) is 11.3 Å². The molecule has 5 heteroatoms. The van der Waals surface area contributed by atoms with Gasteiger partial charge in [-0.1, -0.05) is 30.3 Å². The van der Waals surface area contributed by atoms with Gasteiger partial charge in [-0.3, -0.25) is 4.90 Å². The van der Waals surface area contributed by atoms with Crippen molar-refractivity contribution in [3.63, 3.8) is 0 Å². The molecule has 3 rings (SSSR count). The number of ether oxygens (including phenoxy) is 1. The van der Waals surface area contributed by atoms with Crippen molar-refractivity contribution in [2.75, 3.05) is 32.8 Å². The zero-order valence-corrected chi connectivity index (χ0v) is 14.9. The number of hydrogen-bond donors (Lipinski definition) is 1. The van der Waals surface area contributed by atoms with Crippen molar-refractivity contribution >= 4 is 6.09 Å². The Bertz CT molecular complexity index is 584. The number of rotatable bonds is 3. The van der Waals surface area contributed by atoms with Gasteiger partial charge in [0.25, 0.3) is 0 Å². The smallest absolute Gasteiger partial charge is 0.410 e. The lowest BCUT2D eigenvalue weighted by atomic mass is 9.82. The first-order valence-corrected chi connectivity index (χ1v) is 8.66. The molecule has 2 saturated heterocycles. The molecule has 2 fully saturated rings. The highest BCUT2D eigenvalue weighted by molar-refractivity contribution is 5.68. The molecule has 0 unspecified atom stereocenters. The molecule has 0 saturated carbocycles. The van der Waals surface area contributed by atoms with E-state index in [0.717, 1.165) is 19.6 Å². The van der Waals surface area contributed by atoms with Gasteiger partial charge in [-0.25, -0.2) is 4.79 Å². The fourth-order valence-corrected chi connectivity index (χ4v) is 3.94. The van der Waals surface area contributed by atoms with Gasteiger partial charge >= 0.3 is 6.09 Å². The molecule has 5 nitrogen and oxygen atoms in total. The van der Waals surface area contributed by atoms with Crippen molar-refractivity contribution < 1.29 is 14.6 Å². The Morgan fingerprint density at radius 3 is 2.54 bits per heavy atom. The molecular formula is C19H28N2O3. The minimum absolute atomic E-state index is 0.113. The predicted molar refractivity (Wildman–Crippen MR) is 92.5 cm³/mol. The monoisotopic (exact) mass is 332 g/mol. The van der Waals surface area contributed by atoms with Crippen LogP contribution in [0.3, 0.4) is 0 Å². The molecule has 2 aliphatic rings. The number of nitrogens with zero attached hydrogens (tertiary/aromatic N) is 2. The third-order valence-electron chi connectivity index (χ3n) is 5.05. The first-order chi connectivity index (χ1) is 11.3. The van der Waals surface area contributed by atoms with Gasteiger partial charge in [0.05, 0.1) is 6.61 Å². The first kappa shape index (κ1) is 17.2. The lowest BCUT2D eigenvalue weighted by Gasteiger charge is -2.29. The molecule has 0 spiro atoms. The Morgan fingerprint density at radius 1 is 1.25 bits per heavy atom. The van der Waals surface area contributed by atoms with Gasteiger partial charge in [-0.15, -0.1) is 0 Å². The fourth-order valence-electron chi connectivity index (χ4n) is 3.94. The largest absolute Gasteiger partial charge is 0.444 e. The highest BCUT2D eigenvalue weighted by Crippen LogP contribution is 2.43. The molecule has 1 amide bonds. The Labute approximate surface area is 144 Å². The number of aliphatic hydroxyl groups is 1. The zero-order valence-electron chi connectivity index (χ0n) is 14.9. The summed E-state index contributed by atoms with van der Waals surface area (Å²) in [5.41, 5.74) is 0.584. The Hall–Kier alpha value is -1.59. The van der Waals surface area contributed by atoms with E-state index in [4.69, 9.17) is 4.74 Å². The normalized spacial score (nSPS) is 27.3. The van der Waals surface area contributed by atoms with Crippen LogP contribution >= 0.6 is 0 Å². The minimum atomic E-state index is -0.486. The number of amides is 1. The highest BCUT2D eigenvalue weighted by atomic mass is 16.6. The van der Waals surface area contributed by atoms with E-state index in [-0.39, 0.29) is 18.1 Å². The third-order valence-corrected chi connectivity index (χ3v) is 5.05. The Kier molecular flexibility index (Phi) is 4.58. The standard InChI is InChI=1S/C19H28N2O3/c1-18(2,3)24-17(23)21-11-16-10-20(12-19(16,13-21)14-22)9-15-7-5-4-6-8-15/h4-8,16,22H,9-14H2,1-3H3/t16-,19-/m0/s1. The SMILES string of the molecule is CC(C)(C)OC(=O)N1C[C@@H]2CN(Cc3ccccc3)C[C@@]2(CO)C1. The summed E-state index contributed by atoms with van der Waals surface area (Å²) in [4.78, 5) is 16.5. The number of carbonyl (C=O) groups is 1. The molecule has 1 aromatic carbocycles. The fraction of sp³-hybridized carbons (Fsp3) is 0.632. The van der Waals surface area contributed by atoms with Gasteiger partial charge in [-0.05, 0) is 26.3 Å². The van der Waals surface area contributed by atoms with Crippen LogP contribution in [0.5, 0.6) is 0 Å². The van der Waals surface area contributed by atoms with E-state index in [9.17, 15) is 9.90 Å². The van der Waals surface area contributed by atoms with E-state index < -0.39 is 5.60 Å². The molecule has 2 aliphatic heterocycles. The summed E-state index contributed by atoms with van der Waals surface area (Å²) in [6.45, 7) is 9.63. The molecule has 1 N–H and O–H groups in total. The van der Waals surface area contributed by atoms with Gasteiger partial charge in [-0.2, -0.15) is 0 Å². The van der Waals surface area contributed by atoms with E-state index in [0.29, 0.717) is 19.0 Å². The quantitative estimate of drug-likeness (QED) is 0.923. The van der Waals surface area contributed by atoms with Gasteiger partial charge in [0.1, 0.15) is 5.60 Å². The van der Waals surface area contributed by atoms with E-state index in [2.05, 4.69) is 29.2 Å². The van der Waals surface area contributed by atoms with E-state index in [1.165, 1.54) is 5.56 Å². The average molecular weight is 332 g/mol. The number of fused-ring (bicyclic) bond motifs is 1. The first-order valence-electron chi connectivity index (χ1n) is 8.66. The second kappa shape index (κ2) is 6.37. The number of likely N-dealkylation sites (tertiary alicyclic amines) is 2. The molecule has 0 bridgehead atoms. The summed E-state index contributed by atoms with van der Waals surface area (Å²) in [5, 5.41) is 10.0. The highest BCUT2D eigenvalue weighted by Gasteiger charge is 2.53. The summed E-state index contributed by atoms with van der Waals surface area (Å²) in [5.74, 6) is 0.304. The summed E-state index contributed by atoms with van der Waals surface area (Å²) in [7, 11) is 0. The predicted octanol–water partition coefficient (Wildman–Crippen LogP) is 2.35. The van der Waals surface area contributed by atoms with Gasteiger partial charge in [0.15, 0.2) is 0 Å². The van der Waals surface area contributed by atoms with E-state index >= 15 is 0 Å². The molecular weight excluding hydrogens is 304 g/mol. The van der Waals surface area contributed by atoms with E-state index in [1.807, 2.05) is 26.8 Å². The van der Waals surface area contributed by atoms with Crippen LogP contribution in [0.15, 0.2) is 30.3 Å². The second-order valence-corrected chi connectivity index (χ2v) is 8.23. The van der Waals surface area contributed by atoms with Crippen molar-refractivity contribution in [2.45, 2.75) is 32.9 Å². The van der Waals surface area contributed by atoms with Crippen LogP contribution in [0.1, 0.15) is 26.3 Å². The van der Waals surface area contributed by atoms with Gasteiger partial charge < -0.3 is 14.7 Å². The molecule has 24 heavy (non-hydrogen) atoms. The number of carbonyl (C=O) groups excluding carboxylic acids is 1. The topological polar surface area (TPSA) is 53.0 Å². The Balaban J connectivity index is 1.63. The summed E-state index contributed by atoms with van der Waals surface area (Å²) in [6.07, 6.45) is -0.265. The average Bonchev–Trinajstić information content (AvgIpc) is 3.00. The summed E-state index contributed by atoms with van der Waals surface area (Å²) < 4.78 is 5.49. The number of benzene rings is 1. The molecule has 0 radical (unpaired) electrons. The summed E-state index contributed by atoms with van der Waals surface area (Å²) in [6, 6.07) is 10.4. The Morgan fingerprint density at radius 2 is 1.96 bits per heavy atom. The second-order valence-electron chi connectivity index (χ2n) is 8.23. The van der Waals surface area contributed by atoms with Gasteiger partial charge in [0, 0.05) is 44.1 Å². The lowest BCUT2D eigenvalue weighted by Crippen LogP contribution is -2.40. The molecule has 1 aromatic rings. The van der Waals surface area contributed by atoms with Crippen LogP contribution in [0, 0.1) is 11.3 Å². The van der Waals surface area contributed by atoms with Crippen LogP contribution < -0.4 is 0 Å². The third kappa shape index (κ3) is 3.57. The van der Waals surface area contributed by atoms with Crippen LogP contribution in [0.25, 0.3) is 0 Å². The molecule has 0 aliphatic carbocycles. The molecule has 2 atom stereocenters. The maximum absolute atomic E-state index is 12.3. The van der Waals surface area contributed by atoms with E-state index in [1.54, 1.807) is 4.90 Å². The minimum Gasteiger partial charge on any atom is -0.444 e. The molecule has 132 valence electrons. The van der Waals surface area contributed by atoms with Crippen LogP contribution in [0.4, 0.5) is 4.79 Å². The maximum Gasteiger partial charge on any atom is 0.410 e. The van der Waals surface area contributed by atoms with Crippen LogP contribution in [0.2, 0.25) is 0 Å². The summed E-state index contributed by atoms with van der Waals surface area (Å²) >= 11 is 0. The van der Waals surface area contributed by atoms with Crippen molar-refractivity contribution in [3.8, 4) is 0 Å². The molecule has 0 aromatic heterocycles.